The molecule has 0 spiro atoms. The van der Waals surface area contributed by atoms with Crippen molar-refractivity contribution < 1.29 is 5.11 Å². The first kappa shape index (κ1) is 13.9. The molecule has 1 aliphatic carbocycles. The van der Waals surface area contributed by atoms with Crippen LogP contribution in [0, 0.1) is 0 Å². The lowest BCUT2D eigenvalue weighted by Gasteiger charge is -2.18. The van der Waals surface area contributed by atoms with Crippen LogP contribution in [0.1, 0.15) is 23.6 Å². The number of halogens is 3. The predicted octanol–water partition coefficient (Wildman–Crippen LogP) is 5.45. The Kier molecular flexibility index (Phi) is 3.72. The van der Waals surface area contributed by atoms with E-state index in [1.807, 2.05) is 12.1 Å². The van der Waals surface area contributed by atoms with Crippen LogP contribution in [0.2, 0.25) is 15.1 Å². The van der Waals surface area contributed by atoms with E-state index >= 15 is 0 Å². The standard InChI is InChI=1S/C15H12Cl3NO/c16-8-6-11(17)15(12(18)7-8)19-13-5-4-10-9(13)2-1-3-14(10)20/h1-3,6-7,13,19-20H,4-5H2. The molecule has 2 N–H and O–H groups in total. The first-order valence-electron chi connectivity index (χ1n) is 6.28. The van der Waals surface area contributed by atoms with Gasteiger partial charge in [-0.15, -0.1) is 0 Å². The number of phenols is 1. The molecule has 0 fully saturated rings. The Labute approximate surface area is 132 Å². The molecule has 1 atom stereocenters. The Balaban J connectivity index is 1.94. The number of rotatable bonds is 2. The number of fused-ring (bicyclic) bond motifs is 1. The van der Waals surface area contributed by atoms with Crippen LogP contribution in [-0.4, -0.2) is 5.11 Å². The Morgan fingerprint density at radius 3 is 2.50 bits per heavy atom. The number of hydrogen-bond donors (Lipinski definition) is 2. The predicted molar refractivity (Wildman–Crippen MR) is 84.3 cm³/mol. The second-order valence-electron chi connectivity index (χ2n) is 4.82. The molecule has 104 valence electrons. The maximum atomic E-state index is 9.86. The van der Waals surface area contributed by atoms with Gasteiger partial charge in [0.15, 0.2) is 0 Å². The SMILES string of the molecule is Oc1cccc2c1CCC2Nc1c(Cl)cc(Cl)cc1Cl. The lowest BCUT2D eigenvalue weighted by atomic mass is 10.1. The van der Waals surface area contributed by atoms with E-state index in [2.05, 4.69) is 5.32 Å². The zero-order valence-electron chi connectivity index (χ0n) is 10.5. The minimum atomic E-state index is 0.0910. The largest absolute Gasteiger partial charge is 0.508 e. The molecule has 0 radical (unpaired) electrons. The smallest absolute Gasteiger partial charge is 0.119 e. The highest BCUT2D eigenvalue weighted by Crippen LogP contribution is 2.41. The van der Waals surface area contributed by atoms with Crippen molar-refractivity contribution in [2.24, 2.45) is 0 Å². The van der Waals surface area contributed by atoms with Gasteiger partial charge >= 0.3 is 0 Å². The molecule has 0 heterocycles. The number of nitrogens with one attached hydrogen (secondary N) is 1. The third-order valence-electron chi connectivity index (χ3n) is 3.57. The average molecular weight is 329 g/mol. The lowest BCUT2D eigenvalue weighted by molar-refractivity contribution is 0.469. The molecule has 2 nitrogen and oxygen atoms in total. The van der Waals surface area contributed by atoms with Gasteiger partial charge in [0.2, 0.25) is 0 Å². The minimum Gasteiger partial charge on any atom is -0.508 e. The summed E-state index contributed by atoms with van der Waals surface area (Å²) in [5.74, 6) is 0.347. The van der Waals surface area contributed by atoms with Gasteiger partial charge in [0, 0.05) is 5.02 Å². The van der Waals surface area contributed by atoms with Crippen LogP contribution in [0.5, 0.6) is 5.75 Å². The molecular weight excluding hydrogens is 317 g/mol. The molecule has 0 aromatic heterocycles. The molecule has 1 aliphatic rings. The van der Waals surface area contributed by atoms with E-state index in [1.54, 1.807) is 18.2 Å². The Morgan fingerprint density at radius 1 is 1.10 bits per heavy atom. The molecule has 3 rings (SSSR count). The fourth-order valence-electron chi connectivity index (χ4n) is 2.64. The number of hydrogen-bond acceptors (Lipinski definition) is 2. The van der Waals surface area contributed by atoms with E-state index in [4.69, 9.17) is 34.8 Å². The van der Waals surface area contributed by atoms with Gasteiger partial charge in [0.05, 0.1) is 21.8 Å². The van der Waals surface area contributed by atoms with Gasteiger partial charge in [0.25, 0.3) is 0 Å². The van der Waals surface area contributed by atoms with Gasteiger partial charge in [-0.1, -0.05) is 46.9 Å². The summed E-state index contributed by atoms with van der Waals surface area (Å²) >= 11 is 18.3. The number of anilines is 1. The van der Waals surface area contributed by atoms with Crippen LogP contribution in [-0.2, 0) is 6.42 Å². The van der Waals surface area contributed by atoms with Crippen LogP contribution < -0.4 is 5.32 Å². The number of phenolic OH excluding ortho intramolecular Hbond substituents is 1. The van der Waals surface area contributed by atoms with Crippen molar-refractivity contribution in [2.45, 2.75) is 18.9 Å². The average Bonchev–Trinajstić information content (AvgIpc) is 2.78. The fraction of sp³-hybridized carbons (Fsp3) is 0.200. The molecule has 0 bridgehead atoms. The molecule has 2 aromatic rings. The summed E-state index contributed by atoms with van der Waals surface area (Å²) in [5.41, 5.74) is 2.76. The molecule has 0 aliphatic heterocycles. The summed E-state index contributed by atoms with van der Waals surface area (Å²) in [6.07, 6.45) is 1.73. The van der Waals surface area contributed by atoms with Crippen molar-refractivity contribution in [3.05, 3.63) is 56.5 Å². The molecule has 5 heteroatoms. The molecular formula is C15H12Cl3NO. The van der Waals surface area contributed by atoms with Crippen LogP contribution in [0.3, 0.4) is 0 Å². The highest BCUT2D eigenvalue weighted by molar-refractivity contribution is 6.41. The fourth-order valence-corrected chi connectivity index (χ4v) is 3.57. The number of benzene rings is 2. The van der Waals surface area contributed by atoms with E-state index in [1.165, 1.54) is 0 Å². The maximum absolute atomic E-state index is 9.86. The summed E-state index contributed by atoms with van der Waals surface area (Å²) in [7, 11) is 0. The van der Waals surface area contributed by atoms with Crippen molar-refractivity contribution in [1.82, 2.24) is 0 Å². The Bertz CT molecular complexity index is 649. The van der Waals surface area contributed by atoms with Gasteiger partial charge in [0.1, 0.15) is 5.75 Å². The van der Waals surface area contributed by atoms with Crippen LogP contribution in [0.25, 0.3) is 0 Å². The first-order chi connectivity index (χ1) is 9.56. The summed E-state index contributed by atoms with van der Waals surface area (Å²) in [6, 6.07) is 8.99. The zero-order chi connectivity index (χ0) is 14.3. The van der Waals surface area contributed by atoms with Crippen LogP contribution >= 0.6 is 34.8 Å². The van der Waals surface area contributed by atoms with Crippen LogP contribution in [0.4, 0.5) is 5.69 Å². The minimum absolute atomic E-state index is 0.0910. The summed E-state index contributed by atoms with van der Waals surface area (Å²) in [6.45, 7) is 0. The van der Waals surface area contributed by atoms with E-state index < -0.39 is 0 Å². The number of aromatic hydroxyl groups is 1. The Morgan fingerprint density at radius 2 is 1.80 bits per heavy atom. The normalized spacial score (nSPS) is 17.1. The highest BCUT2D eigenvalue weighted by Gasteiger charge is 2.25. The summed E-state index contributed by atoms with van der Waals surface area (Å²) < 4.78 is 0. The van der Waals surface area contributed by atoms with E-state index in [0.717, 1.165) is 24.0 Å². The third-order valence-corrected chi connectivity index (χ3v) is 4.39. The second-order valence-corrected chi connectivity index (χ2v) is 6.08. The van der Waals surface area contributed by atoms with Crippen molar-refractivity contribution in [2.75, 3.05) is 5.32 Å². The van der Waals surface area contributed by atoms with Gasteiger partial charge in [-0.2, -0.15) is 0 Å². The molecule has 0 saturated carbocycles. The molecule has 0 saturated heterocycles. The van der Waals surface area contributed by atoms with Gasteiger partial charge in [-0.3, -0.25) is 0 Å². The quantitative estimate of drug-likeness (QED) is 0.768. The van der Waals surface area contributed by atoms with Crippen molar-refractivity contribution >= 4 is 40.5 Å². The van der Waals surface area contributed by atoms with Crippen molar-refractivity contribution in [1.29, 1.82) is 0 Å². The molecule has 2 aromatic carbocycles. The maximum Gasteiger partial charge on any atom is 0.119 e. The topological polar surface area (TPSA) is 32.3 Å². The summed E-state index contributed by atoms with van der Waals surface area (Å²) in [4.78, 5) is 0. The van der Waals surface area contributed by atoms with E-state index in [0.29, 0.717) is 26.5 Å². The van der Waals surface area contributed by atoms with Gasteiger partial charge in [-0.05, 0) is 42.2 Å². The molecule has 1 unspecified atom stereocenters. The van der Waals surface area contributed by atoms with Gasteiger partial charge < -0.3 is 10.4 Å². The summed E-state index contributed by atoms with van der Waals surface area (Å²) in [5, 5.41) is 14.7. The Hall–Kier alpha value is -1.09. The van der Waals surface area contributed by atoms with Gasteiger partial charge in [-0.25, -0.2) is 0 Å². The van der Waals surface area contributed by atoms with Crippen molar-refractivity contribution in [3.8, 4) is 5.75 Å². The van der Waals surface area contributed by atoms with E-state index in [-0.39, 0.29) is 6.04 Å². The van der Waals surface area contributed by atoms with Crippen LogP contribution in [0.15, 0.2) is 30.3 Å². The van der Waals surface area contributed by atoms with Crippen molar-refractivity contribution in [3.63, 3.8) is 0 Å². The third kappa shape index (κ3) is 2.44. The zero-order valence-corrected chi connectivity index (χ0v) is 12.7. The van der Waals surface area contributed by atoms with E-state index in [9.17, 15) is 5.11 Å². The molecule has 20 heavy (non-hydrogen) atoms. The second kappa shape index (κ2) is 5.36. The highest BCUT2D eigenvalue weighted by atomic mass is 35.5. The first-order valence-corrected chi connectivity index (χ1v) is 7.41. The monoisotopic (exact) mass is 327 g/mol. The molecule has 0 amide bonds. The lowest BCUT2D eigenvalue weighted by Crippen LogP contribution is -2.08.